The van der Waals surface area contributed by atoms with Crippen molar-refractivity contribution < 1.29 is 33.0 Å². The highest BCUT2D eigenvalue weighted by Crippen LogP contribution is 2.38. The molecule has 3 aromatic carbocycles. The summed E-state index contributed by atoms with van der Waals surface area (Å²) in [5, 5.41) is 5.04. The monoisotopic (exact) mass is 635 g/mol. The van der Waals surface area contributed by atoms with Gasteiger partial charge < -0.3 is 14.8 Å². The van der Waals surface area contributed by atoms with Gasteiger partial charge in [-0.2, -0.15) is 0 Å². The molecule has 39 heavy (non-hydrogen) atoms. The summed E-state index contributed by atoms with van der Waals surface area (Å²) in [6.07, 6.45) is 1.27. The highest BCUT2D eigenvalue weighted by atomic mass is 79.9. The molecule has 1 aliphatic heterocycles. The lowest BCUT2D eigenvalue weighted by atomic mass is 10.1. The molecule has 1 heterocycles. The Morgan fingerprint density at radius 1 is 1.08 bits per heavy atom. The fourth-order valence-corrected chi connectivity index (χ4v) is 4.38. The van der Waals surface area contributed by atoms with Crippen molar-refractivity contribution in [3.05, 3.63) is 86.1 Å². The number of ether oxygens (including phenoxy) is 2. The van der Waals surface area contributed by atoms with Crippen LogP contribution in [0.4, 0.5) is 20.6 Å². The minimum absolute atomic E-state index is 0.117. The summed E-state index contributed by atoms with van der Waals surface area (Å²) >= 11 is 15.3. The molecule has 0 aliphatic carbocycles. The van der Waals surface area contributed by atoms with Gasteiger partial charge in [0.1, 0.15) is 11.4 Å². The highest BCUT2D eigenvalue weighted by molar-refractivity contribution is 9.10. The number of urea groups is 1. The predicted molar refractivity (Wildman–Crippen MR) is 147 cm³/mol. The quantitative estimate of drug-likeness (QED) is 0.258. The number of imide groups is 2. The number of amides is 5. The molecule has 4 rings (SSSR count). The van der Waals surface area contributed by atoms with Gasteiger partial charge in [-0.05, 0) is 82.2 Å². The number of carbonyl (C=O) groups is 4. The lowest BCUT2D eigenvalue weighted by Crippen LogP contribution is -2.54. The summed E-state index contributed by atoms with van der Waals surface area (Å²) in [7, 11) is 1.37. The van der Waals surface area contributed by atoms with Gasteiger partial charge in [-0.15, -0.1) is 0 Å². The third-order valence-electron chi connectivity index (χ3n) is 5.30. The molecule has 5 amide bonds. The topological polar surface area (TPSA) is 114 Å². The minimum Gasteiger partial charge on any atom is -0.493 e. The molecule has 2 N–H and O–H groups in total. The maximum Gasteiger partial charge on any atom is 0.335 e. The van der Waals surface area contributed by atoms with Crippen molar-refractivity contribution >= 4 is 80.3 Å². The number of benzene rings is 3. The van der Waals surface area contributed by atoms with Crippen molar-refractivity contribution in [1.82, 2.24) is 5.32 Å². The minimum atomic E-state index is -0.943. The number of rotatable bonds is 7. The normalized spacial score (nSPS) is 14.3. The van der Waals surface area contributed by atoms with Crippen LogP contribution in [-0.4, -0.2) is 37.5 Å². The van der Waals surface area contributed by atoms with Crippen LogP contribution < -0.4 is 25.0 Å². The molecule has 1 fully saturated rings. The molecule has 0 spiro atoms. The first kappa shape index (κ1) is 28.1. The summed E-state index contributed by atoms with van der Waals surface area (Å²) in [5.41, 5.74) is 0.527. The Hall–Kier alpha value is -3.93. The molecule has 200 valence electrons. The van der Waals surface area contributed by atoms with Crippen LogP contribution in [-0.2, 0) is 14.4 Å². The van der Waals surface area contributed by atoms with E-state index in [0.717, 1.165) is 4.90 Å². The van der Waals surface area contributed by atoms with Crippen LogP contribution in [0.5, 0.6) is 11.5 Å². The van der Waals surface area contributed by atoms with Crippen molar-refractivity contribution in [2.45, 2.75) is 0 Å². The first-order valence-electron chi connectivity index (χ1n) is 11.0. The average Bonchev–Trinajstić information content (AvgIpc) is 2.89. The van der Waals surface area contributed by atoms with Gasteiger partial charge >= 0.3 is 6.03 Å². The Balaban J connectivity index is 1.56. The maximum atomic E-state index is 13.2. The fourth-order valence-electron chi connectivity index (χ4n) is 3.51. The molecule has 0 bridgehead atoms. The third-order valence-corrected chi connectivity index (χ3v) is 6.63. The zero-order valence-corrected chi connectivity index (χ0v) is 23.0. The fraction of sp³-hybridized carbons (Fsp3) is 0.0769. The molecule has 0 radical (unpaired) electrons. The molecule has 13 heteroatoms. The van der Waals surface area contributed by atoms with Gasteiger partial charge in [-0.25, -0.2) is 14.1 Å². The number of hydrogen-bond donors (Lipinski definition) is 2. The smallest absolute Gasteiger partial charge is 0.335 e. The van der Waals surface area contributed by atoms with Crippen LogP contribution in [0.15, 0.2) is 64.6 Å². The van der Waals surface area contributed by atoms with Gasteiger partial charge in [0.15, 0.2) is 18.1 Å². The lowest BCUT2D eigenvalue weighted by Gasteiger charge is -2.26. The van der Waals surface area contributed by atoms with E-state index in [2.05, 4.69) is 26.6 Å². The second kappa shape index (κ2) is 11.9. The lowest BCUT2D eigenvalue weighted by molar-refractivity contribution is -0.122. The zero-order valence-electron chi connectivity index (χ0n) is 19.9. The van der Waals surface area contributed by atoms with Crippen LogP contribution in [0.2, 0.25) is 10.0 Å². The van der Waals surface area contributed by atoms with Crippen LogP contribution in [0.3, 0.4) is 0 Å². The van der Waals surface area contributed by atoms with Crippen LogP contribution in [0, 0.1) is 5.82 Å². The number of nitrogens with zero attached hydrogens (tertiary/aromatic N) is 1. The molecular formula is C26H17BrCl2FN3O6. The summed E-state index contributed by atoms with van der Waals surface area (Å²) in [6, 6.07) is 11.5. The van der Waals surface area contributed by atoms with Crippen molar-refractivity contribution in [3.8, 4) is 11.5 Å². The van der Waals surface area contributed by atoms with Crippen LogP contribution in [0.1, 0.15) is 5.56 Å². The number of halogens is 4. The van der Waals surface area contributed by atoms with Gasteiger partial charge in [0.05, 0.1) is 27.3 Å². The summed E-state index contributed by atoms with van der Waals surface area (Å²) < 4.78 is 24.4. The molecule has 0 aromatic heterocycles. The summed E-state index contributed by atoms with van der Waals surface area (Å²) in [5.74, 6) is -2.34. The number of hydrogen-bond acceptors (Lipinski definition) is 6. The standard InChI is InChI=1S/C26H17BrCl2FN3O6/c1-38-21-10-13(9-18(27)23(21)39-12-22(34)31-15-4-2-14(30)3-5-15)8-17-24(35)32-26(37)33(25(17)36)16-6-7-19(28)20(29)11-16/h2-11H,12H2,1H3,(H,31,34)(H,32,35,37)/b17-8-. The molecular weight excluding hydrogens is 620 g/mol. The Morgan fingerprint density at radius 3 is 2.46 bits per heavy atom. The average molecular weight is 637 g/mol. The number of carbonyl (C=O) groups excluding carboxylic acids is 4. The molecule has 9 nitrogen and oxygen atoms in total. The second-order valence-corrected chi connectivity index (χ2v) is 9.60. The van der Waals surface area contributed by atoms with Crippen LogP contribution >= 0.6 is 39.1 Å². The highest BCUT2D eigenvalue weighted by Gasteiger charge is 2.37. The zero-order chi connectivity index (χ0) is 28.3. The van der Waals surface area contributed by atoms with Gasteiger partial charge in [0.25, 0.3) is 17.7 Å². The summed E-state index contributed by atoms with van der Waals surface area (Å²) in [6.45, 7) is -0.394. The van der Waals surface area contributed by atoms with E-state index in [0.29, 0.717) is 15.7 Å². The van der Waals surface area contributed by atoms with Gasteiger partial charge in [0, 0.05) is 5.69 Å². The van der Waals surface area contributed by atoms with E-state index >= 15 is 0 Å². The van der Waals surface area contributed by atoms with E-state index in [-0.39, 0.29) is 32.8 Å². The van der Waals surface area contributed by atoms with Gasteiger partial charge in [-0.1, -0.05) is 23.2 Å². The second-order valence-electron chi connectivity index (χ2n) is 7.93. The number of barbiturate groups is 1. The van der Waals surface area contributed by atoms with E-state index < -0.39 is 36.2 Å². The van der Waals surface area contributed by atoms with Gasteiger partial charge in [-0.3, -0.25) is 19.7 Å². The first-order chi connectivity index (χ1) is 18.6. The van der Waals surface area contributed by atoms with Crippen molar-refractivity contribution in [2.24, 2.45) is 0 Å². The Labute approximate surface area is 239 Å². The third kappa shape index (κ3) is 6.39. The van der Waals surface area contributed by atoms with E-state index in [1.165, 1.54) is 67.8 Å². The number of methoxy groups -OCH3 is 1. The molecule has 0 saturated carbocycles. The first-order valence-corrected chi connectivity index (χ1v) is 12.5. The van der Waals surface area contributed by atoms with Crippen molar-refractivity contribution in [1.29, 1.82) is 0 Å². The maximum absolute atomic E-state index is 13.2. The number of anilines is 2. The predicted octanol–water partition coefficient (Wildman–Crippen LogP) is 5.59. The molecule has 0 unspecified atom stereocenters. The molecule has 3 aromatic rings. The van der Waals surface area contributed by atoms with Crippen molar-refractivity contribution in [3.63, 3.8) is 0 Å². The molecule has 0 atom stereocenters. The number of nitrogens with one attached hydrogen (secondary N) is 2. The van der Waals surface area contributed by atoms with Crippen molar-refractivity contribution in [2.75, 3.05) is 23.9 Å². The molecule has 1 aliphatic rings. The largest absolute Gasteiger partial charge is 0.493 e. The Morgan fingerprint density at radius 2 is 1.79 bits per heavy atom. The van der Waals surface area contributed by atoms with E-state index in [4.69, 9.17) is 32.7 Å². The van der Waals surface area contributed by atoms with E-state index in [1.807, 2.05) is 0 Å². The van der Waals surface area contributed by atoms with Crippen LogP contribution in [0.25, 0.3) is 6.08 Å². The Kier molecular flexibility index (Phi) is 8.54. The summed E-state index contributed by atoms with van der Waals surface area (Å²) in [4.78, 5) is 51.2. The van der Waals surface area contributed by atoms with E-state index in [1.54, 1.807) is 0 Å². The molecule has 1 saturated heterocycles. The SMILES string of the molecule is COc1cc(/C=C2/C(=O)NC(=O)N(c3ccc(Cl)c(Cl)c3)C2=O)cc(Br)c1OCC(=O)Nc1ccc(F)cc1. The Bertz CT molecular complexity index is 1530. The van der Waals surface area contributed by atoms with Gasteiger partial charge in [0.2, 0.25) is 0 Å². The van der Waals surface area contributed by atoms with E-state index in [9.17, 15) is 23.6 Å².